The lowest BCUT2D eigenvalue weighted by Gasteiger charge is -2.02. The Morgan fingerprint density at radius 1 is 0.556 bits per heavy atom. The molecule has 0 atom stereocenters. The van der Waals surface area contributed by atoms with Gasteiger partial charge in [-0.1, -0.05) is 70.6 Å². The van der Waals surface area contributed by atoms with Crippen LogP contribution in [0.3, 0.4) is 0 Å². The molecule has 2 heteroatoms. The molecule has 0 aromatic carbocycles. The highest BCUT2D eigenvalue weighted by atomic mass is 16.1. The minimum atomic E-state index is 0.629. The summed E-state index contributed by atoms with van der Waals surface area (Å²) >= 11 is 0. The van der Waals surface area contributed by atoms with E-state index in [0.29, 0.717) is 6.42 Å². The van der Waals surface area contributed by atoms with Crippen LogP contribution in [0.2, 0.25) is 0 Å². The molecule has 2 nitrogen and oxygen atoms in total. The number of unbranched alkanes of at least 4 members (excludes halogenated alkanes) is 13. The van der Waals surface area contributed by atoms with Gasteiger partial charge in [0.2, 0.25) is 0 Å². The van der Waals surface area contributed by atoms with Crippen LogP contribution in [0.15, 0.2) is 0 Å². The van der Waals surface area contributed by atoms with Crippen molar-refractivity contribution in [3.05, 3.63) is 0 Å². The Balaban J connectivity index is 2.88. The molecule has 0 fully saturated rings. The minimum Gasteiger partial charge on any atom is -0.330 e. The number of hydrogen-bond donors (Lipinski definition) is 1. The highest BCUT2D eigenvalue weighted by Gasteiger charge is 1.93. The van der Waals surface area contributed by atoms with Crippen LogP contribution < -0.4 is 5.73 Å². The van der Waals surface area contributed by atoms with Crippen LogP contribution in [-0.4, -0.2) is 12.8 Å². The third-order valence-electron chi connectivity index (χ3n) is 3.48. The first-order valence-corrected chi connectivity index (χ1v) is 7.97. The van der Waals surface area contributed by atoms with Gasteiger partial charge in [0.15, 0.2) is 6.29 Å². The summed E-state index contributed by atoms with van der Waals surface area (Å²) in [5, 5.41) is 0. The van der Waals surface area contributed by atoms with Crippen molar-refractivity contribution in [3.8, 4) is 0 Å². The van der Waals surface area contributed by atoms with Gasteiger partial charge in [-0.2, -0.15) is 0 Å². The maximum atomic E-state index is 9.99. The Kier molecular flexibility index (Phi) is 16.3. The van der Waals surface area contributed by atoms with Crippen molar-refractivity contribution >= 4 is 6.29 Å². The zero-order valence-electron chi connectivity index (χ0n) is 12.1. The van der Waals surface area contributed by atoms with Gasteiger partial charge in [0.05, 0.1) is 0 Å². The van der Waals surface area contributed by atoms with E-state index in [2.05, 4.69) is 0 Å². The summed E-state index contributed by atoms with van der Waals surface area (Å²) in [4.78, 5) is 9.99. The normalized spacial score (nSPS) is 10.7. The van der Waals surface area contributed by atoms with Crippen LogP contribution in [0.1, 0.15) is 89.9 Å². The molecule has 0 heterocycles. The van der Waals surface area contributed by atoms with Gasteiger partial charge in [0, 0.05) is 6.42 Å². The second-order valence-electron chi connectivity index (χ2n) is 5.28. The van der Waals surface area contributed by atoms with E-state index in [9.17, 15) is 4.79 Å². The van der Waals surface area contributed by atoms with E-state index in [1.54, 1.807) is 0 Å². The molecule has 0 saturated heterocycles. The molecule has 0 aliphatic heterocycles. The van der Waals surface area contributed by atoms with Gasteiger partial charge in [-0.3, -0.25) is 4.79 Å². The first kappa shape index (κ1) is 17.6. The van der Waals surface area contributed by atoms with E-state index < -0.39 is 0 Å². The molecular formula is C16H32NO. The molecule has 0 aliphatic carbocycles. The van der Waals surface area contributed by atoms with Crippen molar-refractivity contribution in [2.75, 3.05) is 6.54 Å². The maximum Gasteiger partial charge on any atom is 0.198 e. The van der Waals surface area contributed by atoms with Crippen LogP contribution in [0.25, 0.3) is 0 Å². The van der Waals surface area contributed by atoms with E-state index in [4.69, 9.17) is 5.73 Å². The van der Waals surface area contributed by atoms with Crippen molar-refractivity contribution in [3.63, 3.8) is 0 Å². The summed E-state index contributed by atoms with van der Waals surface area (Å²) in [6, 6.07) is 0. The second-order valence-corrected chi connectivity index (χ2v) is 5.28. The second kappa shape index (κ2) is 16.6. The third-order valence-corrected chi connectivity index (χ3v) is 3.48. The van der Waals surface area contributed by atoms with Crippen molar-refractivity contribution in [2.45, 2.75) is 89.9 Å². The Labute approximate surface area is 114 Å². The van der Waals surface area contributed by atoms with E-state index >= 15 is 0 Å². The van der Waals surface area contributed by atoms with Crippen LogP contribution in [-0.2, 0) is 4.79 Å². The van der Waals surface area contributed by atoms with Gasteiger partial charge >= 0.3 is 0 Å². The molecule has 0 rings (SSSR count). The van der Waals surface area contributed by atoms with Crippen LogP contribution >= 0.6 is 0 Å². The molecule has 0 aromatic heterocycles. The lowest BCUT2D eigenvalue weighted by atomic mass is 10.0. The standard InChI is InChI=1S/C16H32NO/c17-15-13-11-9-7-5-3-1-2-4-6-8-10-12-14-16-18/h1-15,17H2. The fourth-order valence-electron chi connectivity index (χ4n) is 2.29. The number of carbonyl (C=O) groups excluding carboxylic acids is 1. The zero-order chi connectivity index (χ0) is 13.3. The van der Waals surface area contributed by atoms with Crippen molar-refractivity contribution in [1.82, 2.24) is 0 Å². The molecule has 0 bridgehead atoms. The maximum absolute atomic E-state index is 9.99. The summed E-state index contributed by atoms with van der Waals surface area (Å²) in [6.45, 7) is 0.852. The Morgan fingerprint density at radius 3 is 1.22 bits per heavy atom. The predicted molar refractivity (Wildman–Crippen MR) is 79.4 cm³/mol. The molecule has 1 radical (unpaired) electrons. The average Bonchev–Trinajstić information content (AvgIpc) is 2.39. The highest BCUT2D eigenvalue weighted by molar-refractivity contribution is 5.50. The molecular weight excluding hydrogens is 222 g/mol. The van der Waals surface area contributed by atoms with E-state index in [1.165, 1.54) is 77.0 Å². The first-order valence-electron chi connectivity index (χ1n) is 7.97. The van der Waals surface area contributed by atoms with Gasteiger partial charge in [-0.05, 0) is 19.4 Å². The Bertz CT molecular complexity index is 159. The van der Waals surface area contributed by atoms with E-state index in [1.807, 2.05) is 6.29 Å². The van der Waals surface area contributed by atoms with Gasteiger partial charge in [-0.15, -0.1) is 0 Å². The van der Waals surface area contributed by atoms with Gasteiger partial charge in [-0.25, -0.2) is 0 Å². The summed E-state index contributed by atoms with van der Waals surface area (Å²) in [5.74, 6) is 0. The van der Waals surface area contributed by atoms with Crippen LogP contribution in [0.5, 0.6) is 0 Å². The monoisotopic (exact) mass is 254 g/mol. The van der Waals surface area contributed by atoms with Gasteiger partial charge < -0.3 is 5.73 Å². The molecule has 0 spiro atoms. The summed E-state index contributed by atoms with van der Waals surface area (Å²) in [5.41, 5.74) is 5.46. The predicted octanol–water partition coefficient (Wildman–Crippen LogP) is 4.52. The van der Waals surface area contributed by atoms with Crippen molar-refractivity contribution in [1.29, 1.82) is 0 Å². The molecule has 0 aromatic rings. The van der Waals surface area contributed by atoms with Gasteiger partial charge in [0.25, 0.3) is 0 Å². The highest BCUT2D eigenvalue weighted by Crippen LogP contribution is 2.12. The van der Waals surface area contributed by atoms with Gasteiger partial charge in [0.1, 0.15) is 0 Å². The fourth-order valence-corrected chi connectivity index (χ4v) is 2.29. The number of nitrogens with two attached hydrogens (primary N) is 1. The zero-order valence-corrected chi connectivity index (χ0v) is 12.1. The Hall–Kier alpha value is -0.370. The summed E-state index contributed by atoms with van der Waals surface area (Å²) in [6.07, 6.45) is 19.7. The molecule has 2 N–H and O–H groups in total. The minimum absolute atomic E-state index is 0.629. The molecule has 107 valence electrons. The molecule has 0 saturated carbocycles. The van der Waals surface area contributed by atoms with Crippen molar-refractivity contribution in [2.24, 2.45) is 5.73 Å². The van der Waals surface area contributed by atoms with E-state index in [-0.39, 0.29) is 0 Å². The van der Waals surface area contributed by atoms with E-state index in [0.717, 1.165) is 13.0 Å². The first-order chi connectivity index (χ1) is 8.91. The number of rotatable bonds is 15. The third kappa shape index (κ3) is 15.6. The molecule has 0 amide bonds. The Morgan fingerprint density at radius 2 is 0.889 bits per heavy atom. The smallest absolute Gasteiger partial charge is 0.198 e. The van der Waals surface area contributed by atoms with Crippen molar-refractivity contribution < 1.29 is 4.79 Å². The topological polar surface area (TPSA) is 43.1 Å². The largest absolute Gasteiger partial charge is 0.330 e. The quantitative estimate of drug-likeness (QED) is 0.437. The van der Waals surface area contributed by atoms with Crippen LogP contribution in [0, 0.1) is 0 Å². The average molecular weight is 254 g/mol. The fraction of sp³-hybridized carbons (Fsp3) is 0.938. The lowest BCUT2D eigenvalue weighted by Crippen LogP contribution is -1.97. The van der Waals surface area contributed by atoms with Crippen LogP contribution in [0.4, 0.5) is 0 Å². The molecule has 0 aliphatic rings. The molecule has 18 heavy (non-hydrogen) atoms. The molecule has 0 unspecified atom stereocenters. The summed E-state index contributed by atoms with van der Waals surface area (Å²) < 4.78 is 0. The number of hydrogen-bond acceptors (Lipinski definition) is 2. The SMILES string of the molecule is NCCCCCCCCCCCCCCC[C]=O. The summed E-state index contributed by atoms with van der Waals surface area (Å²) in [7, 11) is 0. The lowest BCUT2D eigenvalue weighted by molar-refractivity contribution is 0.530.